The Morgan fingerprint density at radius 2 is 2.16 bits per heavy atom. The second-order valence-electron chi connectivity index (χ2n) is 4.89. The molecule has 0 radical (unpaired) electrons. The maximum atomic E-state index is 11.2. The molecule has 0 aliphatic heterocycles. The summed E-state index contributed by atoms with van der Waals surface area (Å²) in [6.45, 7) is 3.74. The minimum absolute atomic E-state index is 0.283. The first-order valence-electron chi connectivity index (χ1n) is 5.51. The van der Waals surface area contributed by atoms with Gasteiger partial charge in [0.25, 0.3) is 0 Å². The summed E-state index contributed by atoms with van der Waals surface area (Å²) >= 11 is 0. The van der Waals surface area contributed by atoms with Crippen molar-refractivity contribution >= 4 is 21.5 Å². The van der Waals surface area contributed by atoms with Gasteiger partial charge in [-0.15, -0.1) is 0 Å². The summed E-state index contributed by atoms with van der Waals surface area (Å²) in [6, 6.07) is 3.48. The van der Waals surface area contributed by atoms with Gasteiger partial charge in [0, 0.05) is 12.1 Å². The summed E-state index contributed by atoms with van der Waals surface area (Å²) in [7, 11) is -3.30. The van der Waals surface area contributed by atoms with Gasteiger partial charge in [0.1, 0.15) is 11.9 Å². The fourth-order valence-electron chi connectivity index (χ4n) is 1.55. The summed E-state index contributed by atoms with van der Waals surface area (Å²) in [5.41, 5.74) is 5.54. The van der Waals surface area contributed by atoms with Gasteiger partial charge in [-0.25, -0.2) is 18.1 Å². The molecule has 0 fully saturated rings. The van der Waals surface area contributed by atoms with Crippen LogP contribution in [-0.4, -0.2) is 31.7 Å². The second-order valence-corrected chi connectivity index (χ2v) is 6.64. The van der Waals surface area contributed by atoms with E-state index >= 15 is 0 Å². The number of hydrogen-bond donors (Lipinski definition) is 3. The molecule has 1 heterocycles. The van der Waals surface area contributed by atoms with E-state index in [1.165, 1.54) is 12.3 Å². The normalized spacial score (nSPS) is 11.9. The van der Waals surface area contributed by atoms with E-state index in [0.29, 0.717) is 17.1 Å². The van der Waals surface area contributed by atoms with Crippen molar-refractivity contribution in [3.63, 3.8) is 0 Å². The van der Waals surface area contributed by atoms with E-state index < -0.39 is 15.6 Å². The van der Waals surface area contributed by atoms with E-state index in [4.69, 9.17) is 11.0 Å². The molecule has 0 bridgehead atoms. The smallest absolute Gasteiger partial charge is 0.209 e. The van der Waals surface area contributed by atoms with Crippen molar-refractivity contribution < 1.29 is 8.42 Å². The maximum Gasteiger partial charge on any atom is 0.209 e. The molecule has 0 saturated heterocycles. The number of nitrogens with zero attached hydrogens (tertiary/aromatic N) is 2. The molecule has 104 valence electrons. The van der Waals surface area contributed by atoms with E-state index in [0.717, 1.165) is 6.26 Å². The van der Waals surface area contributed by atoms with E-state index in [1.807, 2.05) is 6.07 Å². The van der Waals surface area contributed by atoms with Crippen LogP contribution in [0, 0.1) is 11.3 Å². The first kappa shape index (κ1) is 15.2. The van der Waals surface area contributed by atoms with Gasteiger partial charge in [-0.05, 0) is 19.9 Å². The topological polar surface area (TPSA) is 121 Å². The summed E-state index contributed by atoms with van der Waals surface area (Å²) in [5.74, 6) is 0.375. The third-order valence-electron chi connectivity index (χ3n) is 2.19. The average Bonchev–Trinajstić information content (AvgIpc) is 2.24. The Morgan fingerprint density at radius 1 is 1.53 bits per heavy atom. The zero-order chi connectivity index (χ0) is 14.7. The van der Waals surface area contributed by atoms with Crippen LogP contribution in [0.2, 0.25) is 0 Å². The van der Waals surface area contributed by atoms with E-state index in [-0.39, 0.29) is 6.54 Å². The SMILES string of the molecule is CC(C)(CNc1ncc(N)cc1C#N)NS(C)(=O)=O. The molecular weight excluding hydrogens is 266 g/mol. The van der Waals surface area contributed by atoms with Gasteiger partial charge in [-0.1, -0.05) is 0 Å². The zero-order valence-corrected chi connectivity index (χ0v) is 11.9. The summed E-state index contributed by atoms with van der Waals surface area (Å²) < 4.78 is 24.9. The van der Waals surface area contributed by atoms with Crippen LogP contribution in [0.1, 0.15) is 19.4 Å². The van der Waals surface area contributed by atoms with Crippen molar-refractivity contribution in [2.75, 3.05) is 23.9 Å². The molecule has 19 heavy (non-hydrogen) atoms. The lowest BCUT2D eigenvalue weighted by molar-refractivity contribution is 0.476. The molecular formula is C11H17N5O2S. The van der Waals surface area contributed by atoms with Crippen molar-refractivity contribution in [2.45, 2.75) is 19.4 Å². The fraction of sp³-hybridized carbons (Fsp3) is 0.455. The molecule has 0 saturated carbocycles. The molecule has 0 unspecified atom stereocenters. The van der Waals surface area contributed by atoms with Gasteiger partial charge in [0.2, 0.25) is 10.0 Å². The number of aromatic nitrogens is 1. The van der Waals surface area contributed by atoms with Crippen molar-refractivity contribution in [2.24, 2.45) is 0 Å². The van der Waals surface area contributed by atoms with Crippen LogP contribution >= 0.6 is 0 Å². The Balaban J connectivity index is 2.80. The highest BCUT2D eigenvalue weighted by Gasteiger charge is 2.22. The van der Waals surface area contributed by atoms with E-state index in [2.05, 4.69) is 15.0 Å². The zero-order valence-electron chi connectivity index (χ0n) is 11.1. The summed E-state index contributed by atoms with van der Waals surface area (Å²) in [6.07, 6.45) is 2.52. The van der Waals surface area contributed by atoms with Crippen LogP contribution in [0.5, 0.6) is 0 Å². The molecule has 0 amide bonds. The number of nitriles is 1. The number of pyridine rings is 1. The highest BCUT2D eigenvalue weighted by atomic mass is 32.2. The summed E-state index contributed by atoms with van der Waals surface area (Å²) in [5, 5.41) is 11.9. The number of nitrogens with two attached hydrogens (primary N) is 1. The first-order valence-corrected chi connectivity index (χ1v) is 7.40. The van der Waals surface area contributed by atoms with Crippen LogP contribution in [0.3, 0.4) is 0 Å². The quantitative estimate of drug-likeness (QED) is 0.713. The monoisotopic (exact) mass is 283 g/mol. The van der Waals surface area contributed by atoms with Crippen molar-refractivity contribution in [3.05, 3.63) is 17.8 Å². The highest BCUT2D eigenvalue weighted by Crippen LogP contribution is 2.15. The standard InChI is InChI=1S/C11H17N5O2S/c1-11(2,16-19(3,17)18)7-15-10-8(5-12)4-9(13)6-14-10/h4,6,16H,7,13H2,1-3H3,(H,14,15). The van der Waals surface area contributed by atoms with Gasteiger partial charge in [-0.3, -0.25) is 0 Å². The third kappa shape index (κ3) is 5.11. The minimum atomic E-state index is -3.30. The Hall–Kier alpha value is -1.85. The summed E-state index contributed by atoms with van der Waals surface area (Å²) in [4.78, 5) is 4.01. The molecule has 0 aliphatic carbocycles. The molecule has 0 aliphatic rings. The van der Waals surface area contributed by atoms with Crippen molar-refractivity contribution in [3.8, 4) is 6.07 Å². The van der Waals surface area contributed by atoms with Gasteiger partial charge >= 0.3 is 0 Å². The Labute approximate surface area is 112 Å². The predicted octanol–water partition coefficient (Wildman–Crippen LogP) is 0.275. The predicted molar refractivity (Wildman–Crippen MR) is 73.9 cm³/mol. The average molecular weight is 283 g/mol. The first-order chi connectivity index (χ1) is 8.63. The third-order valence-corrected chi connectivity index (χ3v) is 3.11. The molecule has 0 aromatic carbocycles. The Morgan fingerprint density at radius 3 is 2.68 bits per heavy atom. The Bertz CT molecular complexity index is 604. The van der Waals surface area contributed by atoms with Crippen LogP contribution < -0.4 is 15.8 Å². The molecule has 1 rings (SSSR count). The van der Waals surface area contributed by atoms with Gasteiger partial charge in [0.05, 0.1) is 23.7 Å². The Kier molecular flexibility index (Phi) is 4.34. The molecule has 4 N–H and O–H groups in total. The van der Waals surface area contributed by atoms with Crippen LogP contribution in [0.4, 0.5) is 11.5 Å². The van der Waals surface area contributed by atoms with E-state index in [9.17, 15) is 8.42 Å². The maximum absolute atomic E-state index is 11.2. The largest absolute Gasteiger partial charge is 0.397 e. The van der Waals surface area contributed by atoms with Crippen LogP contribution in [-0.2, 0) is 10.0 Å². The number of hydrogen-bond acceptors (Lipinski definition) is 6. The van der Waals surface area contributed by atoms with Gasteiger partial charge in [-0.2, -0.15) is 5.26 Å². The lowest BCUT2D eigenvalue weighted by Crippen LogP contribution is -2.47. The molecule has 0 spiro atoms. The van der Waals surface area contributed by atoms with Gasteiger partial charge < -0.3 is 11.1 Å². The highest BCUT2D eigenvalue weighted by molar-refractivity contribution is 7.88. The number of nitrogen functional groups attached to an aromatic ring is 1. The number of rotatable bonds is 5. The second kappa shape index (κ2) is 5.42. The van der Waals surface area contributed by atoms with E-state index in [1.54, 1.807) is 13.8 Å². The lowest BCUT2D eigenvalue weighted by Gasteiger charge is -2.25. The fourth-order valence-corrected chi connectivity index (χ4v) is 2.63. The van der Waals surface area contributed by atoms with Crippen LogP contribution in [0.15, 0.2) is 12.3 Å². The van der Waals surface area contributed by atoms with Crippen LogP contribution in [0.25, 0.3) is 0 Å². The molecule has 1 aromatic heterocycles. The molecule has 1 aromatic rings. The van der Waals surface area contributed by atoms with Crippen molar-refractivity contribution in [1.82, 2.24) is 9.71 Å². The van der Waals surface area contributed by atoms with Gasteiger partial charge in [0.15, 0.2) is 0 Å². The van der Waals surface area contributed by atoms with Crippen molar-refractivity contribution in [1.29, 1.82) is 5.26 Å². The molecule has 7 nitrogen and oxygen atoms in total. The minimum Gasteiger partial charge on any atom is -0.397 e. The number of sulfonamides is 1. The molecule has 8 heteroatoms. The number of anilines is 2. The lowest BCUT2D eigenvalue weighted by atomic mass is 10.1. The number of nitrogens with one attached hydrogen (secondary N) is 2. The molecule has 0 atom stereocenters.